The van der Waals surface area contributed by atoms with Gasteiger partial charge in [-0.1, -0.05) is 6.07 Å². The molecule has 2 aromatic heterocycles. The minimum atomic E-state index is 0.771. The van der Waals surface area contributed by atoms with Crippen molar-refractivity contribution in [1.82, 2.24) is 14.4 Å². The minimum absolute atomic E-state index is 0.771. The number of hydrogen-bond acceptors (Lipinski definition) is 4. The Labute approximate surface area is 128 Å². The van der Waals surface area contributed by atoms with Gasteiger partial charge in [-0.2, -0.15) is 0 Å². The largest absolute Gasteiger partial charge is 0.398 e. The van der Waals surface area contributed by atoms with Gasteiger partial charge in [-0.15, -0.1) is 11.8 Å². The summed E-state index contributed by atoms with van der Waals surface area (Å²) in [6, 6.07) is 8.08. The molecule has 0 fully saturated rings. The van der Waals surface area contributed by atoms with Crippen LogP contribution >= 0.6 is 11.8 Å². The van der Waals surface area contributed by atoms with Gasteiger partial charge in [0.2, 0.25) is 5.78 Å². The average Bonchev–Trinajstić information content (AvgIpc) is 2.83. The normalized spacial score (nSPS) is 11.2. The summed E-state index contributed by atoms with van der Waals surface area (Å²) in [5, 5.41) is 0. The van der Waals surface area contributed by atoms with Gasteiger partial charge in [0.1, 0.15) is 0 Å². The molecule has 21 heavy (non-hydrogen) atoms. The number of hydrogen-bond donors (Lipinski definition) is 1. The standard InChI is InChI=1S/C16H18N4S/c1-10-7-11(2)20-8-13(19-16(20)18-10)9-21-15-6-4-5-14(17)12(15)3/h4-8H,9,17H2,1-3H3. The Morgan fingerprint density at radius 2 is 2.00 bits per heavy atom. The van der Waals surface area contributed by atoms with Crippen LogP contribution in [0.3, 0.4) is 0 Å². The number of rotatable bonds is 3. The predicted molar refractivity (Wildman–Crippen MR) is 87.6 cm³/mol. The van der Waals surface area contributed by atoms with Crippen molar-refractivity contribution < 1.29 is 0 Å². The van der Waals surface area contributed by atoms with E-state index in [-0.39, 0.29) is 0 Å². The van der Waals surface area contributed by atoms with Crippen LogP contribution in [0, 0.1) is 20.8 Å². The van der Waals surface area contributed by atoms with Gasteiger partial charge in [-0.3, -0.25) is 4.40 Å². The number of fused-ring (bicyclic) bond motifs is 1. The highest BCUT2D eigenvalue weighted by atomic mass is 32.2. The Balaban J connectivity index is 1.85. The van der Waals surface area contributed by atoms with Gasteiger partial charge in [-0.25, -0.2) is 9.97 Å². The Hall–Kier alpha value is -2.01. The van der Waals surface area contributed by atoms with Crippen LogP contribution in [0.15, 0.2) is 35.4 Å². The molecule has 108 valence electrons. The second-order valence-electron chi connectivity index (χ2n) is 5.20. The van der Waals surface area contributed by atoms with Crippen molar-refractivity contribution in [2.24, 2.45) is 0 Å². The van der Waals surface area contributed by atoms with E-state index in [2.05, 4.69) is 42.1 Å². The van der Waals surface area contributed by atoms with E-state index in [1.165, 1.54) is 4.90 Å². The Kier molecular flexibility index (Phi) is 3.59. The van der Waals surface area contributed by atoms with Crippen molar-refractivity contribution in [2.75, 3.05) is 5.73 Å². The lowest BCUT2D eigenvalue weighted by Gasteiger charge is -2.06. The number of benzene rings is 1. The molecule has 0 aliphatic rings. The summed E-state index contributed by atoms with van der Waals surface area (Å²) in [6.45, 7) is 6.12. The molecular weight excluding hydrogens is 280 g/mol. The number of thioether (sulfide) groups is 1. The second kappa shape index (κ2) is 5.41. The average molecular weight is 298 g/mol. The first-order chi connectivity index (χ1) is 10.0. The van der Waals surface area contributed by atoms with Crippen LogP contribution in [-0.2, 0) is 5.75 Å². The first-order valence-electron chi connectivity index (χ1n) is 6.84. The molecular formula is C16H18N4S. The van der Waals surface area contributed by atoms with Gasteiger partial charge >= 0.3 is 0 Å². The smallest absolute Gasteiger partial charge is 0.234 e. The molecule has 4 nitrogen and oxygen atoms in total. The molecule has 0 saturated heterocycles. The fourth-order valence-electron chi connectivity index (χ4n) is 2.33. The number of nitrogen functional groups attached to an aromatic ring is 1. The van der Waals surface area contributed by atoms with Gasteiger partial charge in [0, 0.05) is 33.9 Å². The highest BCUT2D eigenvalue weighted by molar-refractivity contribution is 7.98. The van der Waals surface area contributed by atoms with Gasteiger partial charge in [0.05, 0.1) is 5.69 Å². The SMILES string of the molecule is Cc1cc(C)n2cc(CSc3cccc(N)c3C)nc2n1. The molecule has 2 N–H and O–H groups in total. The van der Waals surface area contributed by atoms with Gasteiger partial charge < -0.3 is 5.73 Å². The maximum atomic E-state index is 5.94. The van der Waals surface area contributed by atoms with E-state index in [0.717, 1.165) is 39.9 Å². The van der Waals surface area contributed by atoms with Crippen LogP contribution in [0.4, 0.5) is 5.69 Å². The molecule has 1 aromatic carbocycles. The van der Waals surface area contributed by atoms with Crippen LogP contribution in [-0.4, -0.2) is 14.4 Å². The summed E-state index contributed by atoms with van der Waals surface area (Å²) in [5.74, 6) is 1.58. The molecule has 3 rings (SSSR count). The lowest BCUT2D eigenvalue weighted by atomic mass is 10.2. The van der Waals surface area contributed by atoms with Crippen LogP contribution in [0.1, 0.15) is 22.6 Å². The van der Waals surface area contributed by atoms with E-state index in [1.807, 2.05) is 23.5 Å². The van der Waals surface area contributed by atoms with Crippen molar-refractivity contribution in [3.05, 3.63) is 53.1 Å². The monoisotopic (exact) mass is 298 g/mol. The van der Waals surface area contributed by atoms with Crippen molar-refractivity contribution in [3.63, 3.8) is 0 Å². The quantitative estimate of drug-likeness (QED) is 0.593. The first-order valence-corrected chi connectivity index (χ1v) is 7.83. The predicted octanol–water partition coefficient (Wildman–Crippen LogP) is 3.53. The van der Waals surface area contributed by atoms with E-state index in [9.17, 15) is 0 Å². The van der Waals surface area contributed by atoms with Crippen molar-refractivity contribution in [2.45, 2.75) is 31.4 Å². The van der Waals surface area contributed by atoms with E-state index in [1.54, 1.807) is 11.8 Å². The molecule has 0 saturated carbocycles. The first kappa shape index (κ1) is 13.9. The van der Waals surface area contributed by atoms with E-state index in [4.69, 9.17) is 5.73 Å². The van der Waals surface area contributed by atoms with Crippen LogP contribution in [0.5, 0.6) is 0 Å². The molecule has 0 unspecified atom stereocenters. The Bertz CT molecular complexity index is 807. The minimum Gasteiger partial charge on any atom is -0.398 e. The molecule has 0 bridgehead atoms. The topological polar surface area (TPSA) is 56.2 Å². The molecule has 0 spiro atoms. The number of aryl methyl sites for hydroxylation is 2. The van der Waals surface area contributed by atoms with Crippen molar-refractivity contribution >= 4 is 23.2 Å². The summed E-state index contributed by atoms with van der Waals surface area (Å²) >= 11 is 1.76. The van der Waals surface area contributed by atoms with Crippen LogP contribution in [0.2, 0.25) is 0 Å². The fraction of sp³-hybridized carbons (Fsp3) is 0.250. The summed E-state index contributed by atoms with van der Waals surface area (Å²) in [5.41, 5.74) is 11.1. The Morgan fingerprint density at radius 3 is 2.81 bits per heavy atom. The molecule has 0 aliphatic heterocycles. The molecule has 2 heterocycles. The summed E-state index contributed by atoms with van der Waals surface area (Å²) in [7, 11) is 0. The van der Waals surface area contributed by atoms with Crippen LogP contribution in [0.25, 0.3) is 5.78 Å². The maximum absolute atomic E-state index is 5.94. The zero-order valence-corrected chi connectivity index (χ0v) is 13.2. The van der Waals surface area contributed by atoms with Crippen molar-refractivity contribution in [3.8, 4) is 0 Å². The number of imidazole rings is 1. The molecule has 3 aromatic rings. The maximum Gasteiger partial charge on any atom is 0.234 e. The molecule has 0 amide bonds. The van der Waals surface area contributed by atoms with E-state index in [0.29, 0.717) is 0 Å². The number of nitrogens with two attached hydrogens (primary N) is 1. The van der Waals surface area contributed by atoms with E-state index >= 15 is 0 Å². The summed E-state index contributed by atoms with van der Waals surface area (Å²) in [4.78, 5) is 10.3. The van der Waals surface area contributed by atoms with Gasteiger partial charge in [-0.05, 0) is 44.5 Å². The second-order valence-corrected chi connectivity index (χ2v) is 6.22. The molecule has 0 radical (unpaired) electrons. The van der Waals surface area contributed by atoms with E-state index < -0.39 is 0 Å². The highest BCUT2D eigenvalue weighted by Gasteiger charge is 2.08. The Morgan fingerprint density at radius 1 is 1.19 bits per heavy atom. The summed E-state index contributed by atoms with van der Waals surface area (Å²) < 4.78 is 2.04. The molecule has 5 heteroatoms. The third kappa shape index (κ3) is 2.74. The third-order valence-corrected chi connectivity index (χ3v) is 4.71. The fourth-order valence-corrected chi connectivity index (χ4v) is 3.28. The number of aromatic nitrogens is 3. The lowest BCUT2D eigenvalue weighted by Crippen LogP contribution is -1.94. The van der Waals surface area contributed by atoms with Crippen LogP contribution < -0.4 is 5.73 Å². The summed E-state index contributed by atoms with van der Waals surface area (Å²) in [6.07, 6.45) is 2.06. The van der Waals surface area contributed by atoms with Crippen molar-refractivity contribution in [1.29, 1.82) is 0 Å². The third-order valence-electron chi connectivity index (χ3n) is 3.51. The number of anilines is 1. The number of nitrogens with zero attached hydrogens (tertiary/aromatic N) is 3. The highest BCUT2D eigenvalue weighted by Crippen LogP contribution is 2.28. The lowest BCUT2D eigenvalue weighted by molar-refractivity contribution is 1.01. The zero-order chi connectivity index (χ0) is 15.0. The molecule has 0 aliphatic carbocycles. The molecule has 0 atom stereocenters. The zero-order valence-electron chi connectivity index (χ0n) is 12.4. The van der Waals surface area contributed by atoms with Gasteiger partial charge in [0.15, 0.2) is 0 Å². The van der Waals surface area contributed by atoms with Gasteiger partial charge in [0.25, 0.3) is 0 Å².